The van der Waals surface area contributed by atoms with Gasteiger partial charge in [-0.3, -0.25) is 4.90 Å². The second-order valence-corrected chi connectivity index (χ2v) is 7.55. The van der Waals surface area contributed by atoms with Gasteiger partial charge in [0.05, 0.1) is 0 Å². The Morgan fingerprint density at radius 1 is 1.15 bits per heavy atom. The standard InChI is InChI=1S/C17H27BrN2/c1-5-17(6-2)13-20(16(3,4)12-19-17)11-14-7-9-15(18)10-8-14/h7-10,19H,5-6,11-13H2,1-4H3. The van der Waals surface area contributed by atoms with Crippen LogP contribution in [0.25, 0.3) is 0 Å². The number of nitrogens with zero attached hydrogens (tertiary/aromatic N) is 1. The fourth-order valence-electron chi connectivity index (χ4n) is 2.95. The van der Waals surface area contributed by atoms with Crippen LogP contribution in [0.5, 0.6) is 0 Å². The van der Waals surface area contributed by atoms with E-state index in [0.717, 1.165) is 24.1 Å². The molecule has 0 atom stereocenters. The molecule has 112 valence electrons. The van der Waals surface area contributed by atoms with E-state index in [0.29, 0.717) is 0 Å². The van der Waals surface area contributed by atoms with E-state index in [2.05, 4.69) is 78.1 Å². The molecule has 1 aromatic rings. The summed E-state index contributed by atoms with van der Waals surface area (Å²) in [6, 6.07) is 8.72. The molecular weight excluding hydrogens is 312 g/mol. The van der Waals surface area contributed by atoms with Crippen LogP contribution in [0.4, 0.5) is 0 Å². The van der Waals surface area contributed by atoms with Gasteiger partial charge in [-0.15, -0.1) is 0 Å². The molecule has 20 heavy (non-hydrogen) atoms. The predicted octanol–water partition coefficient (Wildman–Crippen LogP) is 4.19. The molecule has 1 aromatic carbocycles. The van der Waals surface area contributed by atoms with Crippen LogP contribution in [0.2, 0.25) is 0 Å². The van der Waals surface area contributed by atoms with Crippen LogP contribution in [-0.4, -0.2) is 29.1 Å². The number of hydrogen-bond acceptors (Lipinski definition) is 2. The van der Waals surface area contributed by atoms with Crippen LogP contribution in [0.15, 0.2) is 28.7 Å². The van der Waals surface area contributed by atoms with Crippen molar-refractivity contribution in [1.29, 1.82) is 0 Å². The number of benzene rings is 1. The Bertz CT molecular complexity index is 435. The molecule has 1 heterocycles. The predicted molar refractivity (Wildman–Crippen MR) is 89.9 cm³/mol. The number of halogens is 1. The zero-order valence-corrected chi connectivity index (χ0v) is 14.8. The van der Waals surface area contributed by atoms with Gasteiger partial charge in [-0.05, 0) is 44.4 Å². The Morgan fingerprint density at radius 2 is 1.75 bits per heavy atom. The largest absolute Gasteiger partial charge is 0.308 e. The van der Waals surface area contributed by atoms with E-state index in [-0.39, 0.29) is 11.1 Å². The lowest BCUT2D eigenvalue weighted by Crippen LogP contribution is -2.67. The third-order valence-electron chi connectivity index (χ3n) is 4.89. The zero-order chi connectivity index (χ0) is 14.8. The summed E-state index contributed by atoms with van der Waals surface area (Å²) >= 11 is 3.51. The molecule has 0 radical (unpaired) electrons. The third-order valence-corrected chi connectivity index (χ3v) is 5.41. The van der Waals surface area contributed by atoms with Gasteiger partial charge in [0, 0.05) is 35.2 Å². The molecule has 0 aromatic heterocycles. The molecule has 2 nitrogen and oxygen atoms in total. The van der Waals surface area contributed by atoms with E-state index in [1.807, 2.05) is 0 Å². The summed E-state index contributed by atoms with van der Waals surface area (Å²) in [6.07, 6.45) is 2.38. The Kier molecular flexibility index (Phi) is 4.93. The van der Waals surface area contributed by atoms with Crippen molar-refractivity contribution in [3.05, 3.63) is 34.3 Å². The van der Waals surface area contributed by atoms with E-state index in [9.17, 15) is 0 Å². The van der Waals surface area contributed by atoms with Gasteiger partial charge in [-0.2, -0.15) is 0 Å². The van der Waals surface area contributed by atoms with Crippen LogP contribution in [0, 0.1) is 0 Å². The van der Waals surface area contributed by atoms with Crippen molar-refractivity contribution in [1.82, 2.24) is 10.2 Å². The summed E-state index contributed by atoms with van der Waals surface area (Å²) in [5.74, 6) is 0. The number of rotatable bonds is 4. The SMILES string of the molecule is CCC1(CC)CN(Cc2ccc(Br)cc2)C(C)(C)CN1. The summed E-state index contributed by atoms with van der Waals surface area (Å²) in [4.78, 5) is 2.64. The normalized spacial score (nSPS) is 21.9. The van der Waals surface area contributed by atoms with Gasteiger partial charge in [0.1, 0.15) is 0 Å². The van der Waals surface area contributed by atoms with E-state index in [1.54, 1.807) is 0 Å². The Balaban J connectivity index is 2.15. The van der Waals surface area contributed by atoms with Gasteiger partial charge < -0.3 is 5.32 Å². The highest BCUT2D eigenvalue weighted by Crippen LogP contribution is 2.29. The topological polar surface area (TPSA) is 15.3 Å². The van der Waals surface area contributed by atoms with Gasteiger partial charge in [-0.25, -0.2) is 0 Å². The maximum absolute atomic E-state index is 3.80. The Labute approximate surface area is 132 Å². The highest BCUT2D eigenvalue weighted by molar-refractivity contribution is 9.10. The van der Waals surface area contributed by atoms with Gasteiger partial charge >= 0.3 is 0 Å². The lowest BCUT2D eigenvalue weighted by molar-refractivity contribution is 0.0162. The molecule has 3 heteroatoms. The molecule has 0 amide bonds. The van der Waals surface area contributed by atoms with E-state index in [1.165, 1.54) is 18.4 Å². The Morgan fingerprint density at radius 3 is 2.30 bits per heavy atom. The number of piperazine rings is 1. The van der Waals surface area contributed by atoms with E-state index in [4.69, 9.17) is 0 Å². The summed E-state index contributed by atoms with van der Waals surface area (Å²) in [6.45, 7) is 12.5. The molecule has 0 bridgehead atoms. The lowest BCUT2D eigenvalue weighted by Gasteiger charge is -2.52. The molecule has 1 aliphatic rings. The van der Waals surface area contributed by atoms with Gasteiger partial charge in [0.2, 0.25) is 0 Å². The van der Waals surface area contributed by atoms with Crippen molar-refractivity contribution in [2.24, 2.45) is 0 Å². The molecule has 0 aliphatic carbocycles. The smallest absolute Gasteiger partial charge is 0.0304 e. The second-order valence-electron chi connectivity index (χ2n) is 6.64. The third kappa shape index (κ3) is 3.44. The fraction of sp³-hybridized carbons (Fsp3) is 0.647. The van der Waals surface area contributed by atoms with Crippen molar-refractivity contribution in [3.63, 3.8) is 0 Å². The fourth-order valence-corrected chi connectivity index (χ4v) is 3.22. The van der Waals surface area contributed by atoms with Gasteiger partial charge in [-0.1, -0.05) is 41.9 Å². The van der Waals surface area contributed by atoms with Crippen LogP contribution in [-0.2, 0) is 6.54 Å². The maximum Gasteiger partial charge on any atom is 0.0304 e. The first-order valence-electron chi connectivity index (χ1n) is 7.65. The van der Waals surface area contributed by atoms with Crippen molar-refractivity contribution in [2.75, 3.05) is 13.1 Å². The molecule has 1 saturated heterocycles. The molecule has 1 fully saturated rings. The quantitative estimate of drug-likeness (QED) is 0.885. The minimum Gasteiger partial charge on any atom is -0.308 e. The average Bonchev–Trinajstić information content (AvgIpc) is 2.44. The summed E-state index contributed by atoms with van der Waals surface area (Å²) in [5.41, 5.74) is 1.88. The summed E-state index contributed by atoms with van der Waals surface area (Å²) in [7, 11) is 0. The molecule has 0 spiro atoms. The van der Waals surface area contributed by atoms with Crippen LogP contribution in [0.1, 0.15) is 46.1 Å². The first-order valence-corrected chi connectivity index (χ1v) is 8.44. The van der Waals surface area contributed by atoms with Crippen LogP contribution >= 0.6 is 15.9 Å². The van der Waals surface area contributed by atoms with E-state index >= 15 is 0 Å². The summed E-state index contributed by atoms with van der Waals surface area (Å²) < 4.78 is 1.15. The van der Waals surface area contributed by atoms with Crippen molar-refractivity contribution in [3.8, 4) is 0 Å². The number of hydrogen-bond donors (Lipinski definition) is 1. The molecule has 0 saturated carbocycles. The minimum absolute atomic E-state index is 0.209. The van der Waals surface area contributed by atoms with Crippen LogP contribution in [0.3, 0.4) is 0 Å². The minimum atomic E-state index is 0.209. The molecule has 1 aliphatic heterocycles. The summed E-state index contributed by atoms with van der Waals surface area (Å²) in [5, 5.41) is 3.80. The van der Waals surface area contributed by atoms with Gasteiger partial charge in [0.15, 0.2) is 0 Å². The average molecular weight is 339 g/mol. The molecule has 1 N–H and O–H groups in total. The van der Waals surface area contributed by atoms with E-state index < -0.39 is 0 Å². The van der Waals surface area contributed by atoms with Crippen molar-refractivity contribution in [2.45, 2.75) is 58.2 Å². The zero-order valence-electron chi connectivity index (χ0n) is 13.2. The number of nitrogens with one attached hydrogen (secondary N) is 1. The highest BCUT2D eigenvalue weighted by Gasteiger charge is 2.40. The van der Waals surface area contributed by atoms with Gasteiger partial charge in [0.25, 0.3) is 0 Å². The highest BCUT2D eigenvalue weighted by atomic mass is 79.9. The molecule has 0 unspecified atom stereocenters. The second kappa shape index (κ2) is 6.17. The van der Waals surface area contributed by atoms with Crippen LogP contribution < -0.4 is 5.32 Å². The maximum atomic E-state index is 3.80. The van der Waals surface area contributed by atoms with Crippen molar-refractivity contribution >= 4 is 15.9 Å². The molecular formula is C17H27BrN2. The first-order chi connectivity index (χ1) is 9.41. The molecule has 2 rings (SSSR count). The van der Waals surface area contributed by atoms with Crippen molar-refractivity contribution < 1.29 is 0 Å². The monoisotopic (exact) mass is 338 g/mol. The lowest BCUT2D eigenvalue weighted by atomic mass is 9.84. The Hall–Kier alpha value is -0.380. The first kappa shape index (κ1) is 16.0.